The second-order valence-corrected chi connectivity index (χ2v) is 2.33. The molecule has 1 rings (SSSR count). The van der Waals surface area contributed by atoms with E-state index >= 15 is 0 Å². The average molecular weight is 163 g/mol. The first-order chi connectivity index (χ1) is 5.79. The van der Waals surface area contributed by atoms with Crippen molar-refractivity contribution in [3.63, 3.8) is 0 Å². The van der Waals surface area contributed by atoms with Crippen LogP contribution < -0.4 is 0 Å². The first-order valence-electron chi connectivity index (χ1n) is 3.67. The molecule has 0 aliphatic rings. The van der Waals surface area contributed by atoms with Gasteiger partial charge in [0, 0.05) is 5.56 Å². The Morgan fingerprint density at radius 2 is 2.25 bits per heavy atom. The molecule has 0 spiro atoms. The zero-order valence-corrected chi connectivity index (χ0v) is 6.95. The molecule has 2 nitrogen and oxygen atoms in total. The molecule has 12 heavy (non-hydrogen) atoms. The molecular formula is C10H11O2+. The minimum absolute atomic E-state index is 0.130. The highest BCUT2D eigenvalue weighted by molar-refractivity contribution is 5.67. The van der Waals surface area contributed by atoms with Crippen LogP contribution in [0.15, 0.2) is 29.6 Å². The molecule has 0 unspecified atom stereocenters. The smallest absolute Gasteiger partial charge is 0.359 e. The highest BCUT2D eigenvalue weighted by Crippen LogP contribution is 2.23. The Morgan fingerprint density at radius 1 is 1.50 bits per heavy atom. The first kappa shape index (κ1) is 8.53. The van der Waals surface area contributed by atoms with E-state index in [4.69, 9.17) is 4.42 Å². The number of allylic oxidation sites excluding steroid dienone is 1. The second kappa shape index (κ2) is 3.72. The van der Waals surface area contributed by atoms with Crippen molar-refractivity contribution in [3.8, 4) is 5.75 Å². The summed E-state index contributed by atoms with van der Waals surface area (Å²) in [5, 5.41) is 9.36. The molecule has 1 heterocycles. The summed E-state index contributed by atoms with van der Waals surface area (Å²) in [5.41, 5.74) is 1.52. The lowest BCUT2D eigenvalue weighted by Crippen LogP contribution is -1.80. The summed E-state index contributed by atoms with van der Waals surface area (Å²) in [4.78, 5) is 0. The lowest BCUT2D eigenvalue weighted by molar-refractivity contribution is 0.433. The molecule has 0 aliphatic carbocycles. The summed E-state index contributed by atoms with van der Waals surface area (Å²) in [6, 6.07) is 0. The van der Waals surface area contributed by atoms with Crippen molar-refractivity contribution in [1.29, 1.82) is 0 Å². The Labute approximate surface area is 71.5 Å². The molecule has 0 fully saturated rings. The normalized spacial score (nSPS) is 10.4. The van der Waals surface area contributed by atoms with Gasteiger partial charge in [0.15, 0.2) is 0 Å². The molecule has 0 aromatic carbocycles. The summed E-state index contributed by atoms with van der Waals surface area (Å²) in [7, 11) is 0. The van der Waals surface area contributed by atoms with Crippen LogP contribution in [0.3, 0.4) is 0 Å². The standard InChI is InChI=1S/C10H10O2/c1-3-5-9-8(4-2)6-12-7-10(9)11/h3-7H,2H2,1H3/p+1/b5-3+. The van der Waals surface area contributed by atoms with E-state index in [0.717, 1.165) is 11.1 Å². The summed E-state index contributed by atoms with van der Waals surface area (Å²) in [5.74, 6) is 0.130. The van der Waals surface area contributed by atoms with Crippen molar-refractivity contribution in [2.75, 3.05) is 0 Å². The molecule has 0 saturated heterocycles. The van der Waals surface area contributed by atoms with Crippen molar-refractivity contribution < 1.29 is 9.52 Å². The molecule has 1 N–H and O–H groups in total. The van der Waals surface area contributed by atoms with Gasteiger partial charge < -0.3 is 5.11 Å². The summed E-state index contributed by atoms with van der Waals surface area (Å²) >= 11 is 0. The van der Waals surface area contributed by atoms with Crippen LogP contribution in [0.4, 0.5) is 0 Å². The highest BCUT2D eigenvalue weighted by Gasteiger charge is 2.08. The lowest BCUT2D eigenvalue weighted by atomic mass is 10.1. The predicted octanol–water partition coefficient (Wildman–Crippen LogP) is 2.94. The molecule has 0 atom stereocenters. The van der Waals surface area contributed by atoms with Crippen molar-refractivity contribution in [2.45, 2.75) is 6.92 Å². The molecule has 1 aromatic rings. The van der Waals surface area contributed by atoms with Gasteiger partial charge in [0.2, 0.25) is 5.75 Å². The van der Waals surface area contributed by atoms with Crippen LogP contribution in [0.1, 0.15) is 18.1 Å². The Bertz CT molecular complexity index is 314. The molecule has 0 amide bonds. The first-order valence-corrected chi connectivity index (χ1v) is 3.67. The summed E-state index contributed by atoms with van der Waals surface area (Å²) in [6.07, 6.45) is 8.13. The Balaban J connectivity index is 3.28. The maximum absolute atomic E-state index is 9.36. The van der Waals surface area contributed by atoms with Gasteiger partial charge in [-0.25, -0.2) is 4.42 Å². The lowest BCUT2D eigenvalue weighted by Gasteiger charge is -1.95. The fraction of sp³-hybridized carbons (Fsp3) is 0.100. The van der Waals surface area contributed by atoms with Crippen LogP contribution in [0.25, 0.3) is 12.2 Å². The number of hydrogen-bond acceptors (Lipinski definition) is 1. The van der Waals surface area contributed by atoms with E-state index in [1.165, 1.54) is 6.26 Å². The highest BCUT2D eigenvalue weighted by atomic mass is 16.3. The minimum Gasteiger partial charge on any atom is -0.500 e. The van der Waals surface area contributed by atoms with Crippen LogP contribution in [0, 0.1) is 0 Å². The number of hydrogen-bond donors (Lipinski definition) is 1. The van der Waals surface area contributed by atoms with Gasteiger partial charge in [-0.1, -0.05) is 24.8 Å². The molecule has 0 aliphatic heterocycles. The van der Waals surface area contributed by atoms with Crippen LogP contribution in [-0.2, 0) is 0 Å². The van der Waals surface area contributed by atoms with Crippen LogP contribution in [0.5, 0.6) is 5.75 Å². The Morgan fingerprint density at radius 3 is 2.83 bits per heavy atom. The van der Waals surface area contributed by atoms with Crippen molar-refractivity contribution >= 4 is 12.2 Å². The van der Waals surface area contributed by atoms with Crippen molar-refractivity contribution in [2.24, 2.45) is 0 Å². The van der Waals surface area contributed by atoms with Crippen molar-refractivity contribution in [3.05, 3.63) is 36.3 Å². The van der Waals surface area contributed by atoms with E-state index in [2.05, 4.69) is 6.58 Å². The van der Waals surface area contributed by atoms with Crippen LogP contribution in [0.2, 0.25) is 0 Å². The van der Waals surface area contributed by atoms with Gasteiger partial charge in [-0.3, -0.25) is 0 Å². The van der Waals surface area contributed by atoms with E-state index in [1.807, 2.05) is 19.1 Å². The third kappa shape index (κ3) is 1.53. The maximum Gasteiger partial charge on any atom is 0.359 e. The quantitative estimate of drug-likeness (QED) is 0.679. The third-order valence-corrected chi connectivity index (χ3v) is 1.51. The maximum atomic E-state index is 9.36. The van der Waals surface area contributed by atoms with E-state index in [1.54, 1.807) is 12.3 Å². The van der Waals surface area contributed by atoms with E-state index in [-0.39, 0.29) is 5.75 Å². The molecule has 1 aromatic heterocycles. The van der Waals surface area contributed by atoms with Gasteiger partial charge in [-0.2, -0.15) is 0 Å². The Hall–Kier alpha value is -1.57. The van der Waals surface area contributed by atoms with E-state index in [9.17, 15) is 5.11 Å². The topological polar surface area (TPSA) is 31.5 Å². The monoisotopic (exact) mass is 163 g/mol. The van der Waals surface area contributed by atoms with Crippen LogP contribution in [-0.4, -0.2) is 5.11 Å². The van der Waals surface area contributed by atoms with Gasteiger partial charge in [-0.15, -0.1) is 0 Å². The SMILES string of the molecule is C=Cc1c[o+]cc(O)c1/C=C/C. The van der Waals surface area contributed by atoms with E-state index < -0.39 is 0 Å². The largest absolute Gasteiger partial charge is 0.500 e. The molecule has 62 valence electrons. The zero-order chi connectivity index (χ0) is 8.97. The molecule has 0 radical (unpaired) electrons. The number of aromatic hydroxyl groups is 1. The molecule has 0 saturated carbocycles. The van der Waals surface area contributed by atoms with Crippen molar-refractivity contribution in [1.82, 2.24) is 0 Å². The van der Waals surface area contributed by atoms with Crippen LogP contribution >= 0.6 is 0 Å². The summed E-state index contributed by atoms with van der Waals surface area (Å²) < 4.78 is 4.86. The predicted molar refractivity (Wildman–Crippen MR) is 49.6 cm³/mol. The second-order valence-electron chi connectivity index (χ2n) is 2.33. The molecular weight excluding hydrogens is 152 g/mol. The van der Waals surface area contributed by atoms with Gasteiger partial charge in [0.05, 0.1) is 5.56 Å². The van der Waals surface area contributed by atoms with E-state index in [0.29, 0.717) is 0 Å². The molecule has 2 heteroatoms. The van der Waals surface area contributed by atoms with Gasteiger partial charge >= 0.3 is 12.5 Å². The fourth-order valence-corrected chi connectivity index (χ4v) is 0.953. The zero-order valence-electron chi connectivity index (χ0n) is 6.95. The minimum atomic E-state index is 0.130. The van der Waals surface area contributed by atoms with Gasteiger partial charge in [-0.05, 0) is 6.92 Å². The fourth-order valence-electron chi connectivity index (χ4n) is 0.953. The summed E-state index contributed by atoms with van der Waals surface area (Å²) in [6.45, 7) is 5.50. The molecule has 0 bridgehead atoms. The van der Waals surface area contributed by atoms with Gasteiger partial charge in [0.25, 0.3) is 0 Å². The Kier molecular flexibility index (Phi) is 2.64. The van der Waals surface area contributed by atoms with Gasteiger partial charge in [0.1, 0.15) is 0 Å². The third-order valence-electron chi connectivity index (χ3n) is 1.51. The number of rotatable bonds is 2. The average Bonchev–Trinajstić information content (AvgIpc) is 2.09.